The molecular weight excluding hydrogens is 136 g/mol. The minimum atomic E-state index is 0.908. The fourth-order valence-corrected chi connectivity index (χ4v) is 1.26. The van der Waals surface area contributed by atoms with Crippen molar-refractivity contribution in [3.63, 3.8) is 0 Å². The minimum absolute atomic E-state index is 0.908. The standard InChI is InChI=1S/C9H14N2/c1-4-8-5-6-11(3)7-9(8)10-2/h4H,1-2,5-7H2,3H3. The van der Waals surface area contributed by atoms with Crippen molar-refractivity contribution in [3.8, 4) is 0 Å². The SMILES string of the molecule is C=CC1=C(N=C)CN(C)CC1. The lowest BCUT2D eigenvalue weighted by Gasteiger charge is -2.23. The summed E-state index contributed by atoms with van der Waals surface area (Å²) >= 11 is 0. The first kappa shape index (κ1) is 8.21. The van der Waals surface area contributed by atoms with E-state index in [-0.39, 0.29) is 0 Å². The summed E-state index contributed by atoms with van der Waals surface area (Å²) in [7, 11) is 2.09. The monoisotopic (exact) mass is 150 g/mol. The molecule has 0 unspecified atom stereocenters. The van der Waals surface area contributed by atoms with Crippen molar-refractivity contribution in [2.24, 2.45) is 4.99 Å². The summed E-state index contributed by atoms with van der Waals surface area (Å²) in [5, 5.41) is 0. The number of hydrogen-bond acceptors (Lipinski definition) is 2. The van der Waals surface area contributed by atoms with Crippen LogP contribution in [0.15, 0.2) is 28.9 Å². The van der Waals surface area contributed by atoms with Crippen LogP contribution < -0.4 is 0 Å². The lowest BCUT2D eigenvalue weighted by molar-refractivity contribution is 0.349. The Bertz CT molecular complexity index is 204. The van der Waals surface area contributed by atoms with Crippen LogP contribution in [0.1, 0.15) is 6.42 Å². The normalized spacial score (nSPS) is 20.1. The van der Waals surface area contributed by atoms with Crippen molar-refractivity contribution < 1.29 is 0 Å². The molecule has 0 aromatic rings. The zero-order chi connectivity index (χ0) is 8.27. The molecule has 1 aliphatic heterocycles. The quantitative estimate of drug-likeness (QED) is 0.544. The first-order valence-corrected chi connectivity index (χ1v) is 3.77. The van der Waals surface area contributed by atoms with Crippen LogP contribution >= 0.6 is 0 Å². The van der Waals surface area contributed by atoms with Crippen LogP contribution in [-0.4, -0.2) is 31.8 Å². The van der Waals surface area contributed by atoms with Gasteiger partial charge in [0.2, 0.25) is 0 Å². The van der Waals surface area contributed by atoms with E-state index in [0.717, 1.165) is 25.2 Å². The number of likely N-dealkylation sites (N-methyl/N-ethyl adjacent to an activating group) is 1. The van der Waals surface area contributed by atoms with E-state index < -0.39 is 0 Å². The average Bonchev–Trinajstić information content (AvgIpc) is 2.04. The van der Waals surface area contributed by atoms with Gasteiger partial charge in [-0.05, 0) is 25.8 Å². The largest absolute Gasteiger partial charge is 0.300 e. The molecule has 0 spiro atoms. The predicted molar refractivity (Wildman–Crippen MR) is 48.9 cm³/mol. The zero-order valence-electron chi connectivity index (χ0n) is 7.01. The van der Waals surface area contributed by atoms with E-state index in [0.29, 0.717) is 0 Å². The smallest absolute Gasteiger partial charge is 0.0568 e. The van der Waals surface area contributed by atoms with Gasteiger partial charge in [-0.15, -0.1) is 0 Å². The Balaban J connectivity index is 2.82. The van der Waals surface area contributed by atoms with E-state index >= 15 is 0 Å². The second-order valence-corrected chi connectivity index (χ2v) is 2.82. The molecule has 2 heteroatoms. The van der Waals surface area contributed by atoms with E-state index in [1.54, 1.807) is 0 Å². The molecule has 0 bridgehead atoms. The van der Waals surface area contributed by atoms with Crippen LogP contribution in [0, 0.1) is 0 Å². The molecule has 0 saturated heterocycles. The maximum Gasteiger partial charge on any atom is 0.0568 e. The molecule has 0 aromatic carbocycles. The van der Waals surface area contributed by atoms with Gasteiger partial charge in [0.25, 0.3) is 0 Å². The van der Waals surface area contributed by atoms with Gasteiger partial charge in [-0.1, -0.05) is 12.7 Å². The van der Waals surface area contributed by atoms with Gasteiger partial charge in [0.15, 0.2) is 0 Å². The summed E-state index contributed by atoms with van der Waals surface area (Å²) in [6.07, 6.45) is 2.94. The van der Waals surface area contributed by atoms with Gasteiger partial charge in [-0.25, -0.2) is 0 Å². The van der Waals surface area contributed by atoms with E-state index in [9.17, 15) is 0 Å². The first-order valence-electron chi connectivity index (χ1n) is 3.77. The summed E-state index contributed by atoms with van der Waals surface area (Å²) in [6, 6.07) is 0. The second kappa shape index (κ2) is 3.49. The van der Waals surface area contributed by atoms with Crippen LogP contribution in [0.2, 0.25) is 0 Å². The number of allylic oxidation sites excluding steroid dienone is 1. The van der Waals surface area contributed by atoms with Gasteiger partial charge in [-0.2, -0.15) is 0 Å². The van der Waals surface area contributed by atoms with Crippen molar-refractivity contribution in [1.82, 2.24) is 4.90 Å². The van der Waals surface area contributed by atoms with Gasteiger partial charge in [-0.3, -0.25) is 4.99 Å². The molecule has 0 aromatic heterocycles. The topological polar surface area (TPSA) is 15.6 Å². The van der Waals surface area contributed by atoms with Crippen molar-refractivity contribution in [2.45, 2.75) is 6.42 Å². The number of nitrogens with zero attached hydrogens (tertiary/aromatic N) is 2. The summed E-state index contributed by atoms with van der Waals surface area (Å²) in [5.41, 5.74) is 2.33. The van der Waals surface area contributed by atoms with E-state index in [2.05, 4.69) is 30.2 Å². The van der Waals surface area contributed by atoms with Gasteiger partial charge >= 0.3 is 0 Å². The Morgan fingerprint density at radius 1 is 1.64 bits per heavy atom. The third kappa shape index (κ3) is 1.77. The first-order chi connectivity index (χ1) is 5.27. The van der Waals surface area contributed by atoms with Gasteiger partial charge in [0.1, 0.15) is 0 Å². The molecule has 60 valence electrons. The maximum atomic E-state index is 3.97. The molecule has 2 nitrogen and oxygen atoms in total. The van der Waals surface area contributed by atoms with Crippen molar-refractivity contribution in [2.75, 3.05) is 20.1 Å². The van der Waals surface area contributed by atoms with Crippen molar-refractivity contribution in [1.29, 1.82) is 0 Å². The second-order valence-electron chi connectivity index (χ2n) is 2.82. The molecule has 0 atom stereocenters. The van der Waals surface area contributed by atoms with Gasteiger partial charge in [0, 0.05) is 13.1 Å². The number of rotatable bonds is 2. The zero-order valence-corrected chi connectivity index (χ0v) is 7.01. The van der Waals surface area contributed by atoms with E-state index in [1.807, 2.05) is 6.08 Å². The van der Waals surface area contributed by atoms with E-state index in [4.69, 9.17) is 0 Å². The highest BCUT2D eigenvalue weighted by Gasteiger charge is 2.12. The van der Waals surface area contributed by atoms with Gasteiger partial charge < -0.3 is 4.90 Å². The Kier molecular flexibility index (Phi) is 2.60. The van der Waals surface area contributed by atoms with Crippen molar-refractivity contribution >= 4 is 6.72 Å². The lowest BCUT2D eigenvalue weighted by Crippen LogP contribution is -2.26. The summed E-state index contributed by atoms with van der Waals surface area (Å²) in [6.45, 7) is 9.28. The van der Waals surface area contributed by atoms with Gasteiger partial charge in [0.05, 0.1) is 5.70 Å². The molecule has 1 heterocycles. The molecule has 11 heavy (non-hydrogen) atoms. The minimum Gasteiger partial charge on any atom is -0.300 e. The Morgan fingerprint density at radius 2 is 2.36 bits per heavy atom. The van der Waals surface area contributed by atoms with Crippen LogP contribution in [0.3, 0.4) is 0 Å². The highest BCUT2D eigenvalue weighted by atomic mass is 15.1. The Labute approximate surface area is 67.9 Å². The molecule has 0 radical (unpaired) electrons. The Morgan fingerprint density at radius 3 is 2.91 bits per heavy atom. The predicted octanol–water partition coefficient (Wildman–Crippen LogP) is 1.46. The molecule has 0 aliphatic carbocycles. The highest BCUT2D eigenvalue weighted by Crippen LogP contribution is 2.17. The highest BCUT2D eigenvalue weighted by molar-refractivity contribution is 5.35. The molecule has 0 fully saturated rings. The Hall–Kier alpha value is -0.890. The fourth-order valence-electron chi connectivity index (χ4n) is 1.26. The number of aliphatic imine (C=N–C) groups is 1. The van der Waals surface area contributed by atoms with E-state index in [1.165, 1.54) is 5.57 Å². The molecule has 1 rings (SSSR count). The third-order valence-corrected chi connectivity index (χ3v) is 1.99. The maximum absolute atomic E-state index is 3.97. The molecule has 0 N–H and O–H groups in total. The molecular formula is C9H14N2. The third-order valence-electron chi connectivity index (χ3n) is 1.99. The van der Waals surface area contributed by atoms with Crippen LogP contribution in [-0.2, 0) is 0 Å². The average molecular weight is 150 g/mol. The molecule has 0 saturated carbocycles. The van der Waals surface area contributed by atoms with Crippen LogP contribution in [0.5, 0.6) is 0 Å². The van der Waals surface area contributed by atoms with Crippen molar-refractivity contribution in [3.05, 3.63) is 23.9 Å². The molecule has 0 amide bonds. The summed E-state index contributed by atoms with van der Waals surface area (Å²) < 4.78 is 0. The molecule has 1 aliphatic rings. The number of hydrogen-bond donors (Lipinski definition) is 0. The fraction of sp³-hybridized carbons (Fsp3) is 0.444. The lowest BCUT2D eigenvalue weighted by atomic mass is 10.1. The van der Waals surface area contributed by atoms with Crippen LogP contribution in [0.25, 0.3) is 0 Å². The summed E-state index contributed by atoms with van der Waals surface area (Å²) in [5.74, 6) is 0. The van der Waals surface area contributed by atoms with Crippen LogP contribution in [0.4, 0.5) is 0 Å². The summed E-state index contributed by atoms with van der Waals surface area (Å²) in [4.78, 5) is 6.20.